The molecule has 0 aliphatic heterocycles. The van der Waals surface area contributed by atoms with Crippen molar-refractivity contribution in [2.24, 2.45) is 0 Å². The highest BCUT2D eigenvalue weighted by Gasteiger charge is 2.32. The first kappa shape index (κ1) is 11.0. The molecule has 16 heavy (non-hydrogen) atoms. The van der Waals surface area contributed by atoms with E-state index in [2.05, 4.69) is 4.74 Å². The molecule has 0 aromatic carbocycles. The largest absolute Gasteiger partial charge is 0.619 e. The molecule has 1 aliphatic rings. The molecular weight excluding hydrogens is 223 g/mol. The summed E-state index contributed by atoms with van der Waals surface area (Å²) >= 11 is 0. The molecule has 1 aliphatic carbocycles. The van der Waals surface area contributed by atoms with Gasteiger partial charge in [-0.15, -0.1) is 0 Å². The fraction of sp³-hybridized carbons (Fsp3) is 0.500. The van der Waals surface area contributed by atoms with Crippen LogP contribution in [-0.4, -0.2) is 12.8 Å². The zero-order valence-electron chi connectivity index (χ0n) is 8.33. The molecule has 0 bridgehead atoms. The lowest BCUT2D eigenvalue weighted by molar-refractivity contribution is -0.605. The zero-order chi connectivity index (χ0) is 11.8. The Kier molecular flexibility index (Phi) is 2.65. The monoisotopic (exact) mass is 233 g/mol. The Morgan fingerprint density at radius 2 is 2.12 bits per heavy atom. The number of halogens is 3. The van der Waals surface area contributed by atoms with Gasteiger partial charge < -0.3 is 9.94 Å². The third-order valence-electron chi connectivity index (χ3n) is 2.33. The van der Waals surface area contributed by atoms with Crippen LogP contribution in [0.5, 0.6) is 5.75 Å². The molecule has 1 aromatic heterocycles. The molecular formula is C10H10F3NO2. The SMILES string of the molecule is [O-][n+]1ccc(OCC(F)(F)F)c(C2CC2)c1. The van der Waals surface area contributed by atoms with Crippen LogP contribution in [0, 0.1) is 5.21 Å². The zero-order valence-corrected chi connectivity index (χ0v) is 8.33. The van der Waals surface area contributed by atoms with E-state index in [4.69, 9.17) is 0 Å². The van der Waals surface area contributed by atoms with Crippen molar-refractivity contribution in [3.8, 4) is 5.75 Å². The summed E-state index contributed by atoms with van der Waals surface area (Å²) in [4.78, 5) is 0. The molecule has 0 amide bonds. The molecule has 6 heteroatoms. The summed E-state index contributed by atoms with van der Waals surface area (Å²) in [5.74, 6) is 0.330. The number of hydrogen-bond acceptors (Lipinski definition) is 2. The van der Waals surface area contributed by atoms with Crippen LogP contribution in [0.4, 0.5) is 13.2 Å². The molecule has 0 N–H and O–H groups in total. The summed E-state index contributed by atoms with van der Waals surface area (Å²) in [6.07, 6.45) is -0.149. The lowest BCUT2D eigenvalue weighted by atomic mass is 10.2. The standard InChI is InChI=1S/C10H10F3NO2/c11-10(12,13)6-16-9-3-4-14(15)5-8(9)7-1-2-7/h3-5,7H,1-2,6H2. The Hall–Kier alpha value is -1.46. The van der Waals surface area contributed by atoms with Gasteiger partial charge in [0.25, 0.3) is 0 Å². The second-order valence-corrected chi connectivity index (χ2v) is 3.80. The minimum Gasteiger partial charge on any atom is -0.619 e. The van der Waals surface area contributed by atoms with Gasteiger partial charge in [0.15, 0.2) is 19.0 Å². The van der Waals surface area contributed by atoms with Gasteiger partial charge in [-0.1, -0.05) is 0 Å². The molecule has 3 nitrogen and oxygen atoms in total. The topological polar surface area (TPSA) is 36.2 Å². The van der Waals surface area contributed by atoms with Gasteiger partial charge in [0, 0.05) is 6.07 Å². The second kappa shape index (κ2) is 3.84. The Labute approximate surface area is 90.0 Å². The van der Waals surface area contributed by atoms with Crippen molar-refractivity contribution in [1.82, 2.24) is 0 Å². The van der Waals surface area contributed by atoms with E-state index in [-0.39, 0.29) is 11.7 Å². The van der Waals surface area contributed by atoms with Crippen molar-refractivity contribution >= 4 is 0 Å². The van der Waals surface area contributed by atoms with Crippen molar-refractivity contribution in [1.29, 1.82) is 0 Å². The van der Waals surface area contributed by atoms with E-state index in [0.29, 0.717) is 10.3 Å². The first-order valence-electron chi connectivity index (χ1n) is 4.88. The molecule has 0 atom stereocenters. The Balaban J connectivity index is 2.13. The number of rotatable bonds is 3. The van der Waals surface area contributed by atoms with Crippen LogP contribution in [0.25, 0.3) is 0 Å². The highest BCUT2D eigenvalue weighted by Crippen LogP contribution is 2.43. The maximum absolute atomic E-state index is 12.0. The number of pyridine rings is 1. The Morgan fingerprint density at radius 1 is 1.44 bits per heavy atom. The van der Waals surface area contributed by atoms with Gasteiger partial charge in [0.2, 0.25) is 0 Å². The lowest BCUT2D eigenvalue weighted by Gasteiger charge is -2.11. The summed E-state index contributed by atoms with van der Waals surface area (Å²) in [5, 5.41) is 11.0. The molecule has 0 saturated heterocycles. The maximum Gasteiger partial charge on any atom is 0.422 e. The molecule has 0 radical (unpaired) electrons. The summed E-state index contributed by atoms with van der Waals surface area (Å²) < 4.78 is 41.2. The molecule has 1 aromatic rings. The van der Waals surface area contributed by atoms with Crippen molar-refractivity contribution in [2.45, 2.75) is 24.9 Å². The highest BCUT2D eigenvalue weighted by molar-refractivity contribution is 5.34. The average molecular weight is 233 g/mol. The molecule has 1 saturated carbocycles. The fourth-order valence-corrected chi connectivity index (χ4v) is 1.47. The van der Waals surface area contributed by atoms with Gasteiger partial charge in [-0.25, -0.2) is 0 Å². The fourth-order valence-electron chi connectivity index (χ4n) is 1.47. The quantitative estimate of drug-likeness (QED) is 0.592. The molecule has 88 valence electrons. The van der Waals surface area contributed by atoms with E-state index in [9.17, 15) is 18.4 Å². The minimum atomic E-state index is -4.36. The smallest absolute Gasteiger partial charge is 0.422 e. The second-order valence-electron chi connectivity index (χ2n) is 3.80. The van der Waals surface area contributed by atoms with E-state index in [1.165, 1.54) is 12.3 Å². The van der Waals surface area contributed by atoms with E-state index in [0.717, 1.165) is 19.0 Å². The van der Waals surface area contributed by atoms with Gasteiger partial charge in [-0.3, -0.25) is 0 Å². The van der Waals surface area contributed by atoms with Crippen molar-refractivity contribution in [3.63, 3.8) is 0 Å². The van der Waals surface area contributed by atoms with Crippen LogP contribution in [0.1, 0.15) is 24.3 Å². The number of aromatic nitrogens is 1. The minimum absolute atomic E-state index is 0.159. The van der Waals surface area contributed by atoms with Gasteiger partial charge in [-0.2, -0.15) is 17.9 Å². The van der Waals surface area contributed by atoms with Crippen LogP contribution in [0.15, 0.2) is 18.5 Å². The first-order chi connectivity index (χ1) is 7.46. The lowest BCUT2D eigenvalue weighted by Crippen LogP contribution is -2.26. The highest BCUT2D eigenvalue weighted by atomic mass is 19.4. The van der Waals surface area contributed by atoms with E-state index >= 15 is 0 Å². The van der Waals surface area contributed by atoms with Gasteiger partial charge in [0.1, 0.15) is 5.75 Å². The molecule has 1 heterocycles. The Morgan fingerprint density at radius 3 is 2.69 bits per heavy atom. The van der Waals surface area contributed by atoms with Crippen molar-refractivity contribution in [2.75, 3.05) is 6.61 Å². The molecule has 0 unspecified atom stereocenters. The number of hydrogen-bond donors (Lipinski definition) is 0. The molecule has 2 rings (SSSR count). The summed E-state index contributed by atoms with van der Waals surface area (Å²) in [5.41, 5.74) is 0.571. The normalized spacial score (nSPS) is 16.2. The maximum atomic E-state index is 12.0. The van der Waals surface area contributed by atoms with Gasteiger partial charge >= 0.3 is 6.18 Å². The van der Waals surface area contributed by atoms with Gasteiger partial charge in [-0.05, 0) is 18.8 Å². The third-order valence-corrected chi connectivity index (χ3v) is 2.33. The van der Waals surface area contributed by atoms with Crippen molar-refractivity contribution in [3.05, 3.63) is 29.2 Å². The van der Waals surface area contributed by atoms with E-state index < -0.39 is 12.8 Å². The third kappa shape index (κ3) is 2.77. The first-order valence-corrected chi connectivity index (χ1v) is 4.88. The number of ether oxygens (including phenoxy) is 1. The molecule has 0 spiro atoms. The van der Waals surface area contributed by atoms with Crippen LogP contribution < -0.4 is 9.47 Å². The van der Waals surface area contributed by atoms with Crippen molar-refractivity contribution < 1.29 is 22.6 Å². The van der Waals surface area contributed by atoms with Crippen LogP contribution in [0.2, 0.25) is 0 Å². The predicted octanol–water partition coefficient (Wildman–Crippen LogP) is 2.14. The van der Waals surface area contributed by atoms with Crippen LogP contribution in [0.3, 0.4) is 0 Å². The predicted molar refractivity (Wildman–Crippen MR) is 48.9 cm³/mol. The van der Waals surface area contributed by atoms with E-state index in [1.807, 2.05) is 0 Å². The average Bonchev–Trinajstić information content (AvgIpc) is 2.97. The van der Waals surface area contributed by atoms with E-state index in [1.54, 1.807) is 0 Å². The molecule has 1 fully saturated rings. The number of nitrogens with zero attached hydrogens (tertiary/aromatic N) is 1. The Bertz CT molecular complexity index is 388. The summed E-state index contributed by atoms with van der Waals surface area (Å²) in [6.45, 7) is -1.32. The summed E-state index contributed by atoms with van der Waals surface area (Å²) in [7, 11) is 0. The van der Waals surface area contributed by atoms with Crippen LogP contribution >= 0.6 is 0 Å². The van der Waals surface area contributed by atoms with Crippen LogP contribution in [-0.2, 0) is 0 Å². The number of alkyl halides is 3. The summed E-state index contributed by atoms with van der Waals surface area (Å²) in [6, 6.07) is 1.28. The van der Waals surface area contributed by atoms with Gasteiger partial charge in [0.05, 0.1) is 5.56 Å².